The SMILES string of the molecule is Cn1c(=O)n(CCCC(C)(C)NCC(O)c2cc(OCc3ccccc3)cc3c2OCC(=O)N3)c2cc(F)ccc21. The first-order valence-corrected chi connectivity index (χ1v) is 13.7. The summed E-state index contributed by atoms with van der Waals surface area (Å²) in [7, 11) is 1.68. The smallest absolute Gasteiger partial charge is 0.328 e. The van der Waals surface area contributed by atoms with E-state index in [2.05, 4.69) is 10.6 Å². The second kappa shape index (κ2) is 11.8. The van der Waals surface area contributed by atoms with Crippen LogP contribution >= 0.6 is 0 Å². The number of fused-ring (bicyclic) bond motifs is 2. The van der Waals surface area contributed by atoms with E-state index in [0.717, 1.165) is 5.56 Å². The summed E-state index contributed by atoms with van der Waals surface area (Å²) < 4.78 is 28.7. The van der Waals surface area contributed by atoms with Gasteiger partial charge >= 0.3 is 5.69 Å². The summed E-state index contributed by atoms with van der Waals surface area (Å²) >= 11 is 0. The number of aliphatic hydroxyl groups excluding tert-OH is 1. The maximum atomic E-state index is 13.9. The summed E-state index contributed by atoms with van der Waals surface area (Å²) in [4.78, 5) is 24.7. The Balaban J connectivity index is 1.24. The van der Waals surface area contributed by atoms with Crippen molar-refractivity contribution < 1.29 is 23.8 Å². The van der Waals surface area contributed by atoms with Gasteiger partial charge in [0.1, 0.15) is 23.9 Å². The summed E-state index contributed by atoms with van der Waals surface area (Å²) in [5.41, 5.74) is 2.66. The second-order valence-electron chi connectivity index (χ2n) is 11.0. The molecule has 1 aliphatic rings. The van der Waals surface area contributed by atoms with Crippen molar-refractivity contribution in [3.63, 3.8) is 0 Å². The number of nitrogens with one attached hydrogen (secondary N) is 2. The summed E-state index contributed by atoms with van der Waals surface area (Å²) in [6.45, 7) is 4.91. The molecule has 1 atom stereocenters. The molecule has 3 N–H and O–H groups in total. The molecular weight excluding hydrogens is 527 g/mol. The molecule has 0 spiro atoms. The van der Waals surface area contributed by atoms with Crippen LogP contribution in [0.25, 0.3) is 11.0 Å². The Labute approximate surface area is 237 Å². The van der Waals surface area contributed by atoms with Crippen molar-refractivity contribution in [2.75, 3.05) is 18.5 Å². The number of aryl methyl sites for hydroxylation is 2. The van der Waals surface area contributed by atoms with Crippen molar-refractivity contribution in [3.8, 4) is 11.5 Å². The van der Waals surface area contributed by atoms with Crippen LogP contribution in [0.3, 0.4) is 0 Å². The molecule has 216 valence electrons. The first-order valence-electron chi connectivity index (χ1n) is 13.7. The lowest BCUT2D eigenvalue weighted by molar-refractivity contribution is -0.118. The van der Waals surface area contributed by atoms with Gasteiger partial charge in [-0.05, 0) is 56.5 Å². The number of hydrogen-bond donors (Lipinski definition) is 3. The first kappa shape index (κ1) is 28.4. The van der Waals surface area contributed by atoms with Gasteiger partial charge in [0, 0.05) is 37.3 Å². The molecule has 1 aliphatic heterocycles. The van der Waals surface area contributed by atoms with Gasteiger partial charge < -0.3 is 25.2 Å². The van der Waals surface area contributed by atoms with Crippen LogP contribution in [0.4, 0.5) is 10.1 Å². The number of anilines is 1. The number of carbonyl (C=O) groups is 1. The van der Waals surface area contributed by atoms with Crippen LogP contribution in [-0.2, 0) is 25.0 Å². The summed E-state index contributed by atoms with van der Waals surface area (Å²) in [6, 6.07) is 17.5. The maximum absolute atomic E-state index is 13.9. The van der Waals surface area contributed by atoms with Crippen LogP contribution in [0.2, 0.25) is 0 Å². The van der Waals surface area contributed by atoms with Gasteiger partial charge in [0.05, 0.1) is 22.8 Å². The quantitative estimate of drug-likeness (QED) is 0.252. The van der Waals surface area contributed by atoms with Gasteiger partial charge in [-0.1, -0.05) is 30.3 Å². The zero-order valence-corrected chi connectivity index (χ0v) is 23.4. The number of nitrogens with zero attached hydrogens (tertiary/aromatic N) is 2. The summed E-state index contributed by atoms with van der Waals surface area (Å²) in [5.74, 6) is 0.272. The number of carbonyl (C=O) groups excluding carboxylic acids is 1. The molecule has 3 aromatic carbocycles. The van der Waals surface area contributed by atoms with Gasteiger partial charge in [-0.25, -0.2) is 9.18 Å². The highest BCUT2D eigenvalue weighted by atomic mass is 19.1. The average molecular weight is 563 g/mol. The molecule has 1 amide bonds. The lowest BCUT2D eigenvalue weighted by Gasteiger charge is -2.29. The highest BCUT2D eigenvalue weighted by molar-refractivity contribution is 5.96. The van der Waals surface area contributed by atoms with Crippen LogP contribution in [0.15, 0.2) is 65.5 Å². The fourth-order valence-electron chi connectivity index (χ4n) is 5.12. The topological polar surface area (TPSA) is 107 Å². The van der Waals surface area contributed by atoms with E-state index in [1.807, 2.05) is 44.2 Å². The normalized spacial score (nSPS) is 13.9. The number of benzene rings is 3. The van der Waals surface area contributed by atoms with Gasteiger partial charge in [-0.2, -0.15) is 0 Å². The third kappa shape index (κ3) is 6.44. The van der Waals surface area contributed by atoms with E-state index >= 15 is 0 Å². The molecule has 0 aliphatic carbocycles. The average Bonchev–Trinajstić information content (AvgIpc) is 3.18. The summed E-state index contributed by atoms with van der Waals surface area (Å²) in [6.07, 6.45) is 0.420. The Kier molecular flexibility index (Phi) is 8.14. The van der Waals surface area contributed by atoms with Crippen molar-refractivity contribution in [1.29, 1.82) is 0 Å². The van der Waals surface area contributed by atoms with Gasteiger partial charge in [-0.3, -0.25) is 13.9 Å². The number of hydrogen-bond acceptors (Lipinski definition) is 6. The molecule has 10 heteroatoms. The zero-order chi connectivity index (χ0) is 29.1. The van der Waals surface area contributed by atoms with E-state index in [1.54, 1.807) is 29.8 Å². The minimum atomic E-state index is -0.943. The largest absolute Gasteiger partial charge is 0.489 e. The lowest BCUT2D eigenvalue weighted by atomic mass is 9.97. The van der Waals surface area contributed by atoms with Crippen LogP contribution < -0.4 is 25.8 Å². The Morgan fingerprint density at radius 2 is 1.90 bits per heavy atom. The Hall–Kier alpha value is -4.15. The maximum Gasteiger partial charge on any atom is 0.328 e. The van der Waals surface area contributed by atoms with Crippen molar-refractivity contribution in [1.82, 2.24) is 14.5 Å². The van der Waals surface area contributed by atoms with Crippen molar-refractivity contribution in [3.05, 3.63) is 88.1 Å². The highest BCUT2D eigenvalue weighted by Crippen LogP contribution is 2.39. The number of amides is 1. The van der Waals surface area contributed by atoms with E-state index in [4.69, 9.17) is 9.47 Å². The Morgan fingerprint density at radius 1 is 1.12 bits per heavy atom. The molecule has 4 aromatic rings. The molecule has 9 nitrogen and oxygen atoms in total. The number of β-amino-alcohol motifs (C(OH)–C–C–N with tert-alkyl or cyclic N) is 1. The summed E-state index contributed by atoms with van der Waals surface area (Å²) in [5, 5.41) is 17.4. The molecule has 0 fully saturated rings. The molecule has 5 rings (SSSR count). The number of ether oxygens (including phenoxy) is 2. The molecule has 0 radical (unpaired) electrons. The number of imidazole rings is 1. The third-order valence-electron chi connectivity index (χ3n) is 7.39. The molecule has 0 saturated heterocycles. The number of rotatable bonds is 11. The van der Waals surface area contributed by atoms with Gasteiger partial charge in [0.25, 0.3) is 5.91 Å². The molecule has 1 aromatic heterocycles. The standard InChI is InChI=1S/C31H35FN4O5/c1-31(2,12-7-13-36-26-14-21(32)10-11-25(26)35(3)30(36)39)33-17-27(37)23-15-22(40-18-20-8-5-4-6-9-20)16-24-29(23)41-19-28(38)34-24/h4-6,8-11,14-16,27,33,37H,7,12-13,17-19H2,1-3H3,(H,34,38). The highest BCUT2D eigenvalue weighted by Gasteiger charge is 2.26. The van der Waals surface area contributed by atoms with Crippen molar-refractivity contribution >= 4 is 22.6 Å². The van der Waals surface area contributed by atoms with E-state index in [0.29, 0.717) is 59.8 Å². The van der Waals surface area contributed by atoms with Crippen LogP contribution in [0.5, 0.6) is 11.5 Å². The third-order valence-corrected chi connectivity index (χ3v) is 7.39. The molecule has 2 heterocycles. The molecule has 1 unspecified atom stereocenters. The monoisotopic (exact) mass is 562 g/mol. The predicted molar refractivity (Wildman–Crippen MR) is 155 cm³/mol. The van der Waals surface area contributed by atoms with E-state index in [9.17, 15) is 19.1 Å². The van der Waals surface area contributed by atoms with Gasteiger partial charge in [0.2, 0.25) is 0 Å². The Bertz CT molecular complexity index is 1610. The molecule has 0 bridgehead atoms. The number of halogens is 1. The van der Waals surface area contributed by atoms with Crippen LogP contribution in [0, 0.1) is 5.82 Å². The van der Waals surface area contributed by atoms with Crippen LogP contribution in [0.1, 0.15) is 43.9 Å². The molecule has 41 heavy (non-hydrogen) atoms. The van der Waals surface area contributed by atoms with Crippen molar-refractivity contribution in [2.45, 2.75) is 51.5 Å². The van der Waals surface area contributed by atoms with E-state index < -0.39 is 6.10 Å². The second-order valence-corrected chi connectivity index (χ2v) is 11.0. The van der Waals surface area contributed by atoms with Gasteiger partial charge in [-0.15, -0.1) is 0 Å². The van der Waals surface area contributed by atoms with Crippen molar-refractivity contribution in [2.24, 2.45) is 7.05 Å². The van der Waals surface area contributed by atoms with Crippen LogP contribution in [-0.4, -0.2) is 38.8 Å². The zero-order valence-electron chi connectivity index (χ0n) is 23.4. The minimum Gasteiger partial charge on any atom is -0.489 e. The number of aromatic nitrogens is 2. The van der Waals surface area contributed by atoms with E-state index in [-0.39, 0.29) is 36.1 Å². The fourth-order valence-corrected chi connectivity index (χ4v) is 5.12. The predicted octanol–water partition coefficient (Wildman–Crippen LogP) is 4.27. The Morgan fingerprint density at radius 3 is 2.68 bits per heavy atom. The molecule has 0 saturated carbocycles. The first-order chi connectivity index (χ1) is 19.6. The van der Waals surface area contributed by atoms with E-state index in [1.165, 1.54) is 16.7 Å². The minimum absolute atomic E-state index is 0.132. The lowest BCUT2D eigenvalue weighted by Crippen LogP contribution is -2.42. The fraction of sp³-hybridized carbons (Fsp3) is 0.355. The number of aliphatic hydroxyl groups is 1. The van der Waals surface area contributed by atoms with Gasteiger partial charge in [0.15, 0.2) is 6.61 Å². The molecular formula is C31H35FN4O5.